The van der Waals surface area contributed by atoms with Crippen LogP contribution in [0.5, 0.6) is 11.5 Å². The van der Waals surface area contributed by atoms with E-state index < -0.39 is 0 Å². The highest BCUT2D eigenvalue weighted by Crippen LogP contribution is 2.28. The lowest BCUT2D eigenvalue weighted by Gasteiger charge is -2.13. The monoisotopic (exact) mass is 324 g/mol. The minimum atomic E-state index is -0.295. The summed E-state index contributed by atoms with van der Waals surface area (Å²) in [5, 5.41) is 11.1. The van der Waals surface area contributed by atoms with Crippen LogP contribution in [0.2, 0.25) is 0 Å². The Morgan fingerprint density at radius 1 is 1.12 bits per heavy atom. The van der Waals surface area contributed by atoms with E-state index in [0.29, 0.717) is 24.7 Å². The predicted octanol–water partition coefficient (Wildman–Crippen LogP) is 3.11. The Morgan fingerprint density at radius 2 is 1.83 bits per heavy atom. The lowest BCUT2D eigenvalue weighted by Crippen LogP contribution is -2.21. The van der Waals surface area contributed by atoms with Crippen molar-refractivity contribution in [2.24, 2.45) is 0 Å². The third-order valence-corrected chi connectivity index (χ3v) is 3.47. The van der Waals surface area contributed by atoms with Crippen LogP contribution in [0.1, 0.15) is 23.1 Å². The molecule has 0 saturated heterocycles. The lowest BCUT2D eigenvalue weighted by atomic mass is 10.1. The highest BCUT2D eigenvalue weighted by molar-refractivity contribution is 5.77. The molecule has 1 amide bonds. The minimum absolute atomic E-state index is 0.144. The van der Waals surface area contributed by atoms with Crippen molar-refractivity contribution in [2.75, 3.05) is 7.11 Å². The average molecular weight is 324 g/mol. The van der Waals surface area contributed by atoms with E-state index in [4.69, 9.17) is 14.7 Å². The van der Waals surface area contributed by atoms with E-state index in [9.17, 15) is 4.79 Å². The van der Waals surface area contributed by atoms with E-state index in [-0.39, 0.29) is 12.3 Å². The number of methoxy groups -OCH3 is 1. The number of amides is 1. The number of nitrogens with zero attached hydrogens (tertiary/aromatic N) is 1. The Bertz CT molecular complexity index is 733. The number of nitrogens with one attached hydrogen (secondary N) is 1. The summed E-state index contributed by atoms with van der Waals surface area (Å²) in [5.74, 6) is 0.954. The van der Waals surface area contributed by atoms with Gasteiger partial charge in [0.15, 0.2) is 11.5 Å². The van der Waals surface area contributed by atoms with Gasteiger partial charge in [-0.25, -0.2) is 0 Å². The Hall–Kier alpha value is -3.00. The molecule has 124 valence electrons. The molecule has 0 saturated carbocycles. The number of carbonyl (C=O) groups excluding carboxylic acids is 1. The van der Waals surface area contributed by atoms with E-state index in [2.05, 4.69) is 5.32 Å². The standard InChI is InChI=1S/C19H20N2O3/c1-14-3-5-15(6-4-14)13-24-17-8-7-16(11-18(17)23-2)12-21-19(22)9-10-20/h3-8,11H,9,12-13H2,1-2H3,(H,21,22). The van der Waals surface area contributed by atoms with E-state index in [0.717, 1.165) is 11.1 Å². The first kappa shape index (κ1) is 17.4. The van der Waals surface area contributed by atoms with Gasteiger partial charge < -0.3 is 14.8 Å². The van der Waals surface area contributed by atoms with E-state index in [1.807, 2.05) is 55.5 Å². The molecule has 0 unspecified atom stereocenters. The maximum atomic E-state index is 11.3. The van der Waals surface area contributed by atoms with Crippen molar-refractivity contribution in [2.45, 2.75) is 26.5 Å². The third kappa shape index (κ3) is 5.03. The predicted molar refractivity (Wildman–Crippen MR) is 90.6 cm³/mol. The number of rotatable bonds is 7. The van der Waals surface area contributed by atoms with Crippen LogP contribution in [-0.4, -0.2) is 13.0 Å². The maximum Gasteiger partial charge on any atom is 0.234 e. The lowest BCUT2D eigenvalue weighted by molar-refractivity contribution is -0.120. The van der Waals surface area contributed by atoms with Crippen molar-refractivity contribution in [1.29, 1.82) is 5.26 Å². The molecule has 0 aromatic heterocycles. The summed E-state index contributed by atoms with van der Waals surface area (Å²) < 4.78 is 11.2. The van der Waals surface area contributed by atoms with Crippen LogP contribution in [0.3, 0.4) is 0 Å². The molecule has 0 bridgehead atoms. The van der Waals surface area contributed by atoms with Crippen molar-refractivity contribution in [3.05, 3.63) is 59.2 Å². The number of hydrogen-bond acceptors (Lipinski definition) is 4. The third-order valence-electron chi connectivity index (χ3n) is 3.47. The Kier molecular flexibility index (Phi) is 6.21. The smallest absolute Gasteiger partial charge is 0.234 e. The summed E-state index contributed by atoms with van der Waals surface area (Å²) in [7, 11) is 1.58. The maximum absolute atomic E-state index is 11.3. The van der Waals surface area contributed by atoms with Crippen LogP contribution < -0.4 is 14.8 Å². The molecule has 0 aliphatic carbocycles. The van der Waals surface area contributed by atoms with E-state index >= 15 is 0 Å². The van der Waals surface area contributed by atoms with Crippen LogP contribution in [-0.2, 0) is 17.9 Å². The topological polar surface area (TPSA) is 71.3 Å². The number of hydrogen-bond donors (Lipinski definition) is 1. The van der Waals surface area contributed by atoms with Crippen molar-refractivity contribution < 1.29 is 14.3 Å². The Labute approximate surface area is 141 Å². The molecule has 24 heavy (non-hydrogen) atoms. The SMILES string of the molecule is COc1cc(CNC(=O)CC#N)ccc1OCc1ccc(C)cc1. The Balaban J connectivity index is 1.99. The van der Waals surface area contributed by atoms with Crippen molar-refractivity contribution in [3.8, 4) is 17.6 Å². The molecule has 1 N–H and O–H groups in total. The van der Waals surface area contributed by atoms with Gasteiger partial charge in [-0.2, -0.15) is 5.26 Å². The van der Waals surface area contributed by atoms with Gasteiger partial charge >= 0.3 is 0 Å². The molecule has 0 spiro atoms. The molecule has 0 fully saturated rings. The van der Waals surface area contributed by atoms with Crippen molar-refractivity contribution in [3.63, 3.8) is 0 Å². The summed E-state index contributed by atoms with van der Waals surface area (Å²) in [4.78, 5) is 11.3. The number of ether oxygens (including phenoxy) is 2. The van der Waals surface area contributed by atoms with Crippen molar-refractivity contribution in [1.82, 2.24) is 5.32 Å². The van der Waals surface area contributed by atoms with Crippen LogP contribution in [0.15, 0.2) is 42.5 Å². The number of carbonyl (C=O) groups is 1. The van der Waals surface area contributed by atoms with Gasteiger partial charge in [0.25, 0.3) is 0 Å². The molecule has 0 heterocycles. The summed E-state index contributed by atoms with van der Waals surface area (Å²) in [6.45, 7) is 2.84. The molecular formula is C19H20N2O3. The average Bonchev–Trinajstić information content (AvgIpc) is 2.60. The molecule has 2 rings (SSSR count). The second-order valence-electron chi connectivity index (χ2n) is 5.37. The van der Waals surface area contributed by atoms with Crippen LogP contribution in [0.4, 0.5) is 0 Å². The van der Waals surface area contributed by atoms with Gasteiger partial charge in [0, 0.05) is 6.54 Å². The van der Waals surface area contributed by atoms with Gasteiger partial charge in [-0.3, -0.25) is 4.79 Å². The first-order valence-corrected chi connectivity index (χ1v) is 7.61. The molecule has 0 atom stereocenters. The second-order valence-corrected chi connectivity index (χ2v) is 5.37. The first-order chi connectivity index (χ1) is 11.6. The number of benzene rings is 2. The van der Waals surface area contributed by atoms with Crippen molar-refractivity contribution >= 4 is 5.91 Å². The number of nitriles is 1. The molecule has 2 aromatic carbocycles. The van der Waals surface area contributed by atoms with E-state index in [1.54, 1.807) is 7.11 Å². The molecule has 5 heteroatoms. The van der Waals surface area contributed by atoms with Gasteiger partial charge in [-0.05, 0) is 30.2 Å². The quantitative estimate of drug-likeness (QED) is 0.849. The largest absolute Gasteiger partial charge is 0.493 e. The molecule has 0 aliphatic rings. The molecule has 5 nitrogen and oxygen atoms in total. The van der Waals surface area contributed by atoms with Gasteiger partial charge in [0.05, 0.1) is 13.2 Å². The zero-order chi connectivity index (χ0) is 17.4. The Morgan fingerprint density at radius 3 is 2.50 bits per heavy atom. The second kappa shape index (κ2) is 8.59. The zero-order valence-corrected chi connectivity index (χ0v) is 13.8. The normalized spacial score (nSPS) is 9.88. The summed E-state index contributed by atoms with van der Waals surface area (Å²) in [6.07, 6.45) is -0.144. The first-order valence-electron chi connectivity index (χ1n) is 7.61. The highest BCUT2D eigenvalue weighted by atomic mass is 16.5. The zero-order valence-electron chi connectivity index (χ0n) is 13.8. The fraction of sp³-hybridized carbons (Fsp3) is 0.263. The number of aryl methyl sites for hydroxylation is 1. The van der Waals surface area contributed by atoms with Crippen LogP contribution in [0, 0.1) is 18.3 Å². The van der Waals surface area contributed by atoms with Gasteiger partial charge in [-0.1, -0.05) is 35.9 Å². The molecule has 2 aromatic rings. The fourth-order valence-corrected chi connectivity index (χ4v) is 2.12. The minimum Gasteiger partial charge on any atom is -0.493 e. The fourth-order valence-electron chi connectivity index (χ4n) is 2.12. The van der Waals surface area contributed by atoms with Gasteiger partial charge in [0.2, 0.25) is 5.91 Å². The van der Waals surface area contributed by atoms with Crippen LogP contribution >= 0.6 is 0 Å². The molecular weight excluding hydrogens is 304 g/mol. The molecule has 0 radical (unpaired) electrons. The summed E-state index contributed by atoms with van der Waals surface area (Å²) in [6, 6.07) is 15.5. The van der Waals surface area contributed by atoms with Gasteiger partial charge in [0.1, 0.15) is 13.0 Å². The summed E-state index contributed by atoms with van der Waals surface area (Å²) >= 11 is 0. The van der Waals surface area contributed by atoms with Crippen LogP contribution in [0.25, 0.3) is 0 Å². The molecule has 0 aliphatic heterocycles. The summed E-state index contributed by atoms with van der Waals surface area (Å²) in [5.41, 5.74) is 3.16. The van der Waals surface area contributed by atoms with Gasteiger partial charge in [-0.15, -0.1) is 0 Å². The van der Waals surface area contributed by atoms with E-state index in [1.165, 1.54) is 5.56 Å². The highest BCUT2D eigenvalue weighted by Gasteiger charge is 2.07.